The van der Waals surface area contributed by atoms with Gasteiger partial charge in [-0.15, -0.1) is 11.3 Å². The summed E-state index contributed by atoms with van der Waals surface area (Å²) in [5, 5.41) is 9.51. The van der Waals surface area contributed by atoms with Crippen LogP contribution >= 0.6 is 11.3 Å². The van der Waals surface area contributed by atoms with E-state index in [2.05, 4.69) is 0 Å². The van der Waals surface area contributed by atoms with Crippen molar-refractivity contribution in [3.8, 4) is 0 Å². The minimum atomic E-state index is -1.56. The highest BCUT2D eigenvalue weighted by Crippen LogP contribution is 2.32. The fourth-order valence-electron chi connectivity index (χ4n) is 0.939. The van der Waals surface area contributed by atoms with Gasteiger partial charge in [-0.1, -0.05) is 0 Å². The van der Waals surface area contributed by atoms with Gasteiger partial charge in [0.1, 0.15) is 11.8 Å². The second-order valence-corrected chi connectivity index (χ2v) is 4.73. The third-order valence-electron chi connectivity index (χ3n) is 1.68. The number of aliphatic hydroxyl groups excluding tert-OH is 1. The quantitative estimate of drug-likeness (QED) is 0.756. The number of aryl methyl sites for hydroxylation is 1. The zero-order valence-corrected chi connectivity index (χ0v) is 8.28. The van der Waals surface area contributed by atoms with Crippen molar-refractivity contribution in [2.45, 2.75) is 32.5 Å². The molecule has 1 heterocycles. The number of hydrogen-bond donors (Lipinski definition) is 1. The average Bonchev–Trinajstić information content (AvgIpc) is 2.32. The van der Waals surface area contributed by atoms with Crippen LogP contribution in [0.5, 0.6) is 0 Å². The molecular weight excluding hydrogens is 175 g/mol. The second kappa shape index (κ2) is 3.15. The maximum absolute atomic E-state index is 13.2. The Morgan fingerprint density at radius 1 is 1.50 bits per heavy atom. The minimum Gasteiger partial charge on any atom is -0.384 e. The topological polar surface area (TPSA) is 20.2 Å². The van der Waals surface area contributed by atoms with E-state index < -0.39 is 11.8 Å². The lowest BCUT2D eigenvalue weighted by atomic mass is 10.0. The third kappa shape index (κ3) is 2.05. The summed E-state index contributed by atoms with van der Waals surface area (Å²) < 4.78 is 13.2. The molecule has 0 aromatic carbocycles. The predicted octanol–water partition coefficient (Wildman–Crippen LogP) is 2.84. The first kappa shape index (κ1) is 9.68. The molecule has 1 nitrogen and oxygen atoms in total. The molecule has 1 atom stereocenters. The van der Waals surface area contributed by atoms with Crippen molar-refractivity contribution in [2.24, 2.45) is 0 Å². The number of halogens is 1. The van der Waals surface area contributed by atoms with Crippen molar-refractivity contribution in [3.63, 3.8) is 0 Å². The van der Waals surface area contributed by atoms with Gasteiger partial charge in [-0.2, -0.15) is 0 Å². The lowest BCUT2D eigenvalue weighted by molar-refractivity contribution is 0.0186. The van der Waals surface area contributed by atoms with E-state index in [-0.39, 0.29) is 0 Å². The van der Waals surface area contributed by atoms with Crippen molar-refractivity contribution < 1.29 is 9.50 Å². The van der Waals surface area contributed by atoms with Gasteiger partial charge in [-0.3, -0.25) is 0 Å². The molecule has 0 aliphatic carbocycles. The molecule has 0 aliphatic rings. The maximum Gasteiger partial charge on any atom is 0.136 e. The van der Waals surface area contributed by atoms with Crippen LogP contribution in [0.25, 0.3) is 0 Å². The minimum absolute atomic E-state index is 0.694. The van der Waals surface area contributed by atoms with Gasteiger partial charge >= 0.3 is 0 Å². The molecule has 1 N–H and O–H groups in total. The van der Waals surface area contributed by atoms with Crippen molar-refractivity contribution in [1.82, 2.24) is 0 Å². The summed E-state index contributed by atoms with van der Waals surface area (Å²) in [5.74, 6) is 0. The van der Waals surface area contributed by atoms with Crippen LogP contribution < -0.4 is 0 Å². The lowest BCUT2D eigenvalue weighted by Crippen LogP contribution is -2.22. The van der Waals surface area contributed by atoms with Crippen LogP contribution in [0.2, 0.25) is 0 Å². The van der Waals surface area contributed by atoms with Gasteiger partial charge in [0.2, 0.25) is 0 Å². The number of thiophene rings is 1. The van der Waals surface area contributed by atoms with Gasteiger partial charge < -0.3 is 5.11 Å². The van der Waals surface area contributed by atoms with Crippen LogP contribution in [0, 0.1) is 6.92 Å². The average molecular weight is 188 g/mol. The fourth-order valence-corrected chi connectivity index (χ4v) is 1.97. The summed E-state index contributed by atoms with van der Waals surface area (Å²) in [4.78, 5) is 1.79. The molecule has 68 valence electrons. The van der Waals surface area contributed by atoms with E-state index >= 15 is 0 Å². The Kier molecular flexibility index (Phi) is 2.54. The van der Waals surface area contributed by atoms with E-state index in [1.54, 1.807) is 6.07 Å². The molecule has 1 aromatic rings. The van der Waals surface area contributed by atoms with Crippen LogP contribution in [-0.2, 0) is 0 Å². The molecule has 3 heteroatoms. The molecule has 0 saturated heterocycles. The highest BCUT2D eigenvalue weighted by Gasteiger charge is 2.29. The van der Waals surface area contributed by atoms with Crippen LogP contribution in [0.15, 0.2) is 12.1 Å². The van der Waals surface area contributed by atoms with Crippen molar-refractivity contribution in [2.75, 3.05) is 0 Å². The van der Waals surface area contributed by atoms with Crippen molar-refractivity contribution >= 4 is 11.3 Å². The molecule has 1 rings (SSSR count). The van der Waals surface area contributed by atoms with Gasteiger partial charge in [-0.25, -0.2) is 4.39 Å². The third-order valence-corrected chi connectivity index (χ3v) is 2.73. The first-order valence-corrected chi connectivity index (χ1v) is 4.66. The van der Waals surface area contributed by atoms with Crippen LogP contribution in [-0.4, -0.2) is 10.8 Å². The highest BCUT2D eigenvalue weighted by molar-refractivity contribution is 7.12. The number of hydrogen-bond acceptors (Lipinski definition) is 2. The predicted molar refractivity (Wildman–Crippen MR) is 49.2 cm³/mol. The van der Waals surface area contributed by atoms with E-state index in [1.807, 2.05) is 13.0 Å². The summed E-state index contributed by atoms with van der Waals surface area (Å²) in [6.45, 7) is 4.70. The van der Waals surface area contributed by atoms with Crippen LogP contribution in [0.3, 0.4) is 0 Å². The molecular formula is C9H13FOS. The van der Waals surface area contributed by atoms with Crippen LogP contribution in [0.1, 0.15) is 29.7 Å². The molecule has 0 radical (unpaired) electrons. The van der Waals surface area contributed by atoms with Gasteiger partial charge in [0, 0.05) is 9.75 Å². The molecule has 1 unspecified atom stereocenters. The Morgan fingerprint density at radius 3 is 2.42 bits per heavy atom. The molecule has 1 aromatic heterocycles. The fraction of sp³-hybridized carbons (Fsp3) is 0.556. The molecule has 0 spiro atoms. The summed E-state index contributed by atoms with van der Waals surface area (Å²) in [7, 11) is 0. The van der Waals surface area contributed by atoms with Crippen molar-refractivity contribution in [3.05, 3.63) is 21.9 Å². The number of rotatable bonds is 2. The Labute approximate surface area is 75.9 Å². The SMILES string of the molecule is Cc1ccc(C(O)C(C)(C)F)s1. The first-order valence-electron chi connectivity index (χ1n) is 3.84. The Hall–Kier alpha value is -0.410. The first-order chi connectivity index (χ1) is 5.41. The largest absolute Gasteiger partial charge is 0.384 e. The zero-order valence-electron chi connectivity index (χ0n) is 7.47. The van der Waals surface area contributed by atoms with Gasteiger partial charge in [0.25, 0.3) is 0 Å². The summed E-state index contributed by atoms with van der Waals surface area (Å²) in [6.07, 6.45) is -1.00. The van der Waals surface area contributed by atoms with E-state index in [4.69, 9.17) is 0 Å². The lowest BCUT2D eigenvalue weighted by Gasteiger charge is -2.20. The Morgan fingerprint density at radius 2 is 2.08 bits per heavy atom. The Balaban J connectivity index is 2.85. The van der Waals surface area contributed by atoms with Gasteiger partial charge in [0.05, 0.1) is 0 Å². The highest BCUT2D eigenvalue weighted by atomic mass is 32.1. The smallest absolute Gasteiger partial charge is 0.136 e. The summed E-state index contributed by atoms with van der Waals surface area (Å²) in [6, 6.07) is 3.65. The molecule has 0 fully saturated rings. The molecule has 0 bridgehead atoms. The molecule has 0 saturated carbocycles. The summed E-state index contributed by atoms with van der Waals surface area (Å²) in [5.41, 5.74) is -1.56. The standard InChI is InChI=1S/C9H13FOS/c1-6-4-5-7(12-6)8(11)9(2,3)10/h4-5,8,11H,1-3H3. The second-order valence-electron chi connectivity index (χ2n) is 3.42. The van der Waals surface area contributed by atoms with E-state index in [0.29, 0.717) is 4.88 Å². The summed E-state index contributed by atoms with van der Waals surface area (Å²) >= 11 is 1.43. The Bertz CT molecular complexity index is 262. The normalized spacial score (nSPS) is 14.8. The zero-order chi connectivity index (χ0) is 9.35. The molecule has 0 amide bonds. The molecule has 12 heavy (non-hydrogen) atoms. The monoisotopic (exact) mass is 188 g/mol. The maximum atomic E-state index is 13.2. The van der Waals surface area contributed by atoms with Gasteiger partial charge in [0.15, 0.2) is 0 Å². The molecule has 0 aliphatic heterocycles. The number of alkyl halides is 1. The van der Waals surface area contributed by atoms with E-state index in [0.717, 1.165) is 4.88 Å². The van der Waals surface area contributed by atoms with E-state index in [1.165, 1.54) is 25.2 Å². The number of aliphatic hydroxyl groups is 1. The van der Waals surface area contributed by atoms with E-state index in [9.17, 15) is 9.50 Å². The van der Waals surface area contributed by atoms with Crippen LogP contribution in [0.4, 0.5) is 4.39 Å². The van der Waals surface area contributed by atoms with Gasteiger partial charge in [-0.05, 0) is 32.9 Å². The van der Waals surface area contributed by atoms with Crippen molar-refractivity contribution in [1.29, 1.82) is 0 Å².